The molecular weight excluding hydrogens is 498 g/mol. The summed E-state index contributed by atoms with van der Waals surface area (Å²) in [5, 5.41) is 16.3. The normalized spacial score (nSPS) is 27.9. The average molecular weight is 536 g/mol. The molecule has 3 saturated heterocycles. The van der Waals surface area contributed by atoms with E-state index in [1.807, 2.05) is 44.2 Å². The van der Waals surface area contributed by atoms with Crippen LogP contribution < -0.4 is 15.4 Å². The predicted octanol–water partition coefficient (Wildman–Crippen LogP) is 2.73. The van der Waals surface area contributed by atoms with Gasteiger partial charge in [0.05, 0.1) is 37.7 Å². The van der Waals surface area contributed by atoms with Crippen LogP contribution in [0.2, 0.25) is 0 Å². The van der Waals surface area contributed by atoms with Crippen LogP contribution in [-0.4, -0.2) is 65.2 Å². The lowest BCUT2D eigenvalue weighted by Crippen LogP contribution is -2.56. The van der Waals surface area contributed by atoms with E-state index in [4.69, 9.17) is 9.47 Å². The van der Waals surface area contributed by atoms with E-state index in [0.29, 0.717) is 37.2 Å². The Morgan fingerprint density at radius 2 is 1.85 bits per heavy atom. The molecule has 9 nitrogen and oxygen atoms in total. The van der Waals surface area contributed by atoms with Crippen LogP contribution in [0.15, 0.2) is 54.6 Å². The molecule has 2 aromatic rings. The highest BCUT2D eigenvalue weighted by Crippen LogP contribution is 2.59. The van der Waals surface area contributed by atoms with E-state index in [9.17, 15) is 19.5 Å². The van der Waals surface area contributed by atoms with E-state index in [1.165, 1.54) is 4.90 Å². The Bertz CT molecular complexity index is 1200. The molecule has 3 aliphatic heterocycles. The molecule has 3 heterocycles. The summed E-state index contributed by atoms with van der Waals surface area (Å²) in [5.74, 6) is -1.58. The number of carbonyl (C=O) groups excluding carboxylic acids is 3. The molecule has 6 atom stereocenters. The number of carbonyl (C=O) groups is 3. The van der Waals surface area contributed by atoms with Crippen molar-refractivity contribution < 1.29 is 29.0 Å². The van der Waals surface area contributed by atoms with Crippen molar-refractivity contribution in [2.75, 3.05) is 19.0 Å². The summed E-state index contributed by atoms with van der Waals surface area (Å²) in [6, 6.07) is 15.0. The molecule has 3 N–H and O–H groups in total. The Labute approximate surface area is 228 Å². The molecule has 9 heteroatoms. The minimum Gasteiger partial charge on any atom is -0.497 e. The lowest BCUT2D eigenvalue weighted by Gasteiger charge is -2.37. The minimum absolute atomic E-state index is 0.181. The summed E-state index contributed by atoms with van der Waals surface area (Å²) in [4.78, 5) is 43.1. The molecule has 3 amide bonds. The van der Waals surface area contributed by atoms with Crippen LogP contribution >= 0.6 is 0 Å². The lowest BCUT2D eigenvalue weighted by atomic mass is 9.70. The van der Waals surface area contributed by atoms with Gasteiger partial charge in [-0.25, -0.2) is 0 Å². The van der Waals surface area contributed by atoms with Crippen molar-refractivity contribution in [2.45, 2.75) is 63.4 Å². The van der Waals surface area contributed by atoms with E-state index in [2.05, 4.69) is 10.6 Å². The first kappa shape index (κ1) is 27.1. The largest absolute Gasteiger partial charge is 0.497 e. The van der Waals surface area contributed by atoms with Crippen molar-refractivity contribution in [2.24, 2.45) is 17.8 Å². The van der Waals surface area contributed by atoms with Crippen molar-refractivity contribution in [1.29, 1.82) is 0 Å². The number of ether oxygens (including phenoxy) is 2. The number of benzene rings is 2. The van der Waals surface area contributed by atoms with E-state index in [1.54, 1.807) is 31.4 Å². The number of rotatable bonds is 10. The van der Waals surface area contributed by atoms with Crippen LogP contribution in [0.5, 0.6) is 5.75 Å². The van der Waals surface area contributed by atoms with E-state index in [-0.39, 0.29) is 30.2 Å². The molecule has 3 aliphatic rings. The van der Waals surface area contributed by atoms with Crippen LogP contribution in [0, 0.1) is 17.8 Å². The molecule has 0 aliphatic carbocycles. The van der Waals surface area contributed by atoms with Gasteiger partial charge in [-0.05, 0) is 55.0 Å². The fourth-order valence-electron chi connectivity index (χ4n) is 6.69. The Morgan fingerprint density at radius 3 is 2.49 bits per heavy atom. The molecule has 3 fully saturated rings. The molecule has 5 rings (SSSR count). The maximum Gasteiger partial charge on any atom is 0.250 e. The quantitative estimate of drug-likeness (QED) is 0.431. The smallest absolute Gasteiger partial charge is 0.250 e. The number of nitrogens with one attached hydrogen (secondary N) is 2. The van der Waals surface area contributed by atoms with Gasteiger partial charge in [0.15, 0.2) is 0 Å². The number of aliphatic hydroxyl groups is 1. The van der Waals surface area contributed by atoms with E-state index >= 15 is 0 Å². The second kappa shape index (κ2) is 11.0. The van der Waals surface area contributed by atoms with Crippen LogP contribution in [-0.2, 0) is 25.7 Å². The highest BCUT2D eigenvalue weighted by atomic mass is 16.5. The maximum atomic E-state index is 14.2. The van der Waals surface area contributed by atoms with Crippen molar-refractivity contribution in [1.82, 2.24) is 10.2 Å². The molecule has 39 heavy (non-hydrogen) atoms. The molecule has 1 spiro atoms. The van der Waals surface area contributed by atoms with Gasteiger partial charge in [-0.3, -0.25) is 14.4 Å². The molecule has 0 aromatic heterocycles. The molecular formula is C30H37N3O6. The standard InChI is InChI=1S/C30H37N3O6/c1-18(2)15-21(17-34)33-26(28(36)32-20-9-11-22(38-3)12-10-20)30-14-13-23(39-30)24(25(30)29(33)37)27(35)31-16-19-7-5-4-6-8-19/h4-12,18,21,23-26,34H,13-17H2,1-3H3,(H,31,35)(H,32,36)/t21-,23-,24+,25+,26?,30?/m1/s1. The van der Waals surface area contributed by atoms with Crippen molar-refractivity contribution in [3.8, 4) is 5.75 Å². The van der Waals surface area contributed by atoms with Gasteiger partial charge in [0.1, 0.15) is 17.4 Å². The number of nitrogens with zero attached hydrogens (tertiary/aromatic N) is 1. The van der Waals surface area contributed by atoms with Gasteiger partial charge in [-0.2, -0.15) is 0 Å². The first-order valence-electron chi connectivity index (χ1n) is 13.7. The number of likely N-dealkylation sites (tertiary alicyclic amines) is 1. The number of anilines is 1. The van der Waals surface area contributed by atoms with E-state index < -0.39 is 35.6 Å². The predicted molar refractivity (Wildman–Crippen MR) is 145 cm³/mol. The number of methoxy groups -OCH3 is 1. The number of fused-ring (bicyclic) bond motifs is 1. The SMILES string of the molecule is COc1ccc(NC(=O)C2N([C@@H](CO)CC(C)C)C(=O)[C@@H]3[C@@H](C(=O)NCc4ccccc4)[C@H]4CCC23O4)cc1. The van der Waals surface area contributed by atoms with Crippen LogP contribution in [0.3, 0.4) is 0 Å². The third-order valence-electron chi connectivity index (χ3n) is 8.30. The summed E-state index contributed by atoms with van der Waals surface area (Å²) in [6.45, 7) is 4.08. The van der Waals surface area contributed by atoms with Crippen molar-refractivity contribution in [3.63, 3.8) is 0 Å². The van der Waals surface area contributed by atoms with Gasteiger partial charge in [0, 0.05) is 12.2 Å². The third kappa shape index (κ3) is 4.89. The Kier molecular flexibility index (Phi) is 7.64. The first-order valence-corrected chi connectivity index (χ1v) is 13.7. The second-order valence-electron chi connectivity index (χ2n) is 11.2. The highest BCUT2D eigenvalue weighted by Gasteiger charge is 2.75. The van der Waals surface area contributed by atoms with Gasteiger partial charge in [0.2, 0.25) is 17.7 Å². The average Bonchev–Trinajstić information content (AvgIpc) is 3.58. The molecule has 2 bridgehead atoms. The van der Waals surface area contributed by atoms with Crippen LogP contribution in [0.1, 0.15) is 38.7 Å². The molecule has 208 valence electrons. The van der Waals surface area contributed by atoms with Gasteiger partial charge in [-0.15, -0.1) is 0 Å². The van der Waals surface area contributed by atoms with Gasteiger partial charge in [-0.1, -0.05) is 44.2 Å². The van der Waals surface area contributed by atoms with Gasteiger partial charge >= 0.3 is 0 Å². The molecule has 2 unspecified atom stereocenters. The number of hydrogen-bond donors (Lipinski definition) is 3. The Balaban J connectivity index is 1.45. The monoisotopic (exact) mass is 535 g/mol. The zero-order valence-electron chi connectivity index (χ0n) is 22.6. The van der Waals surface area contributed by atoms with Gasteiger partial charge < -0.3 is 30.1 Å². The number of aliphatic hydroxyl groups excluding tert-OH is 1. The van der Waals surface area contributed by atoms with E-state index in [0.717, 1.165) is 5.56 Å². The van der Waals surface area contributed by atoms with Crippen LogP contribution in [0.4, 0.5) is 5.69 Å². The maximum absolute atomic E-state index is 14.2. The van der Waals surface area contributed by atoms with Crippen molar-refractivity contribution in [3.05, 3.63) is 60.2 Å². The lowest BCUT2D eigenvalue weighted by molar-refractivity contribution is -0.144. The summed E-state index contributed by atoms with van der Waals surface area (Å²) in [5.41, 5.74) is 0.387. The van der Waals surface area contributed by atoms with Crippen molar-refractivity contribution >= 4 is 23.4 Å². The second-order valence-corrected chi connectivity index (χ2v) is 11.2. The fraction of sp³-hybridized carbons (Fsp3) is 0.500. The number of hydrogen-bond acceptors (Lipinski definition) is 6. The Hall–Kier alpha value is -3.43. The van der Waals surface area contributed by atoms with Crippen LogP contribution in [0.25, 0.3) is 0 Å². The first-order chi connectivity index (χ1) is 18.8. The van der Waals surface area contributed by atoms with Gasteiger partial charge in [0.25, 0.3) is 0 Å². The number of amides is 3. The topological polar surface area (TPSA) is 117 Å². The zero-order valence-corrected chi connectivity index (χ0v) is 22.6. The third-order valence-corrected chi connectivity index (χ3v) is 8.30. The highest BCUT2D eigenvalue weighted by molar-refractivity contribution is 6.03. The molecule has 2 aromatic carbocycles. The Morgan fingerprint density at radius 1 is 1.13 bits per heavy atom. The molecule has 0 saturated carbocycles. The zero-order chi connectivity index (χ0) is 27.7. The summed E-state index contributed by atoms with van der Waals surface area (Å²) < 4.78 is 11.7. The summed E-state index contributed by atoms with van der Waals surface area (Å²) in [6.07, 6.45) is 1.16. The fourth-order valence-corrected chi connectivity index (χ4v) is 6.69. The molecule has 0 radical (unpaired) electrons. The summed E-state index contributed by atoms with van der Waals surface area (Å²) in [7, 11) is 1.57. The minimum atomic E-state index is -1.13. The summed E-state index contributed by atoms with van der Waals surface area (Å²) >= 11 is 0.